The molecule has 47 heavy (non-hydrogen) atoms. The summed E-state index contributed by atoms with van der Waals surface area (Å²) < 4.78 is 13.8. The molecule has 1 aliphatic heterocycles. The van der Waals surface area contributed by atoms with Gasteiger partial charge in [-0.25, -0.2) is 19.3 Å². The Kier molecular flexibility index (Phi) is 9.61. The van der Waals surface area contributed by atoms with Gasteiger partial charge in [0.2, 0.25) is 0 Å². The van der Waals surface area contributed by atoms with Crippen LogP contribution >= 0.6 is 0 Å². The van der Waals surface area contributed by atoms with E-state index in [2.05, 4.69) is 48.4 Å². The zero-order chi connectivity index (χ0) is 33.1. The van der Waals surface area contributed by atoms with Crippen LogP contribution < -0.4 is 4.74 Å². The molecule has 1 atom stereocenters. The highest BCUT2D eigenvalue weighted by molar-refractivity contribution is 5.88. The third-order valence-corrected chi connectivity index (χ3v) is 9.36. The summed E-state index contributed by atoms with van der Waals surface area (Å²) in [5, 5.41) is 14.0. The molecule has 246 valence electrons. The van der Waals surface area contributed by atoms with Crippen LogP contribution in [-0.4, -0.2) is 56.5 Å². The molecule has 1 amide bonds. The molecule has 4 aromatic rings. The Balaban J connectivity index is 1.20. The molecule has 1 fully saturated rings. The van der Waals surface area contributed by atoms with Crippen molar-refractivity contribution in [3.63, 3.8) is 0 Å². The number of pyridine rings is 1. The Hall–Kier alpha value is -4.66. The molecule has 0 spiro atoms. The van der Waals surface area contributed by atoms with Gasteiger partial charge in [-0.15, -0.1) is 0 Å². The van der Waals surface area contributed by atoms with Gasteiger partial charge in [0.1, 0.15) is 17.4 Å². The first-order valence-corrected chi connectivity index (χ1v) is 16.9. The number of ether oxygens (including phenoxy) is 2. The van der Waals surface area contributed by atoms with Crippen LogP contribution in [-0.2, 0) is 24.0 Å². The predicted molar refractivity (Wildman–Crippen MR) is 180 cm³/mol. The third kappa shape index (κ3) is 6.75. The number of carboxylic acid groups (broad SMARTS) is 1. The third-order valence-electron chi connectivity index (χ3n) is 9.36. The molecule has 2 aliphatic rings. The molecule has 1 saturated heterocycles. The quantitative estimate of drug-likeness (QED) is 0.189. The Bertz CT molecular complexity index is 1750. The van der Waals surface area contributed by atoms with Gasteiger partial charge in [-0.1, -0.05) is 58.0 Å². The van der Waals surface area contributed by atoms with Crippen LogP contribution in [0.25, 0.3) is 17.1 Å². The van der Waals surface area contributed by atoms with Crippen molar-refractivity contribution in [2.45, 2.75) is 78.2 Å². The molecular formula is C38H44N4O5. The van der Waals surface area contributed by atoms with Gasteiger partial charge in [-0.05, 0) is 91.3 Å². The number of carboxylic acids is 1. The van der Waals surface area contributed by atoms with Gasteiger partial charge in [0, 0.05) is 24.2 Å². The molecule has 9 heteroatoms. The van der Waals surface area contributed by atoms with Crippen molar-refractivity contribution < 1.29 is 24.2 Å². The highest BCUT2D eigenvalue weighted by atomic mass is 16.6. The first kappa shape index (κ1) is 32.3. The summed E-state index contributed by atoms with van der Waals surface area (Å²) >= 11 is 0. The van der Waals surface area contributed by atoms with E-state index in [0.29, 0.717) is 49.5 Å². The molecule has 2 aromatic carbocycles. The molecule has 1 unspecified atom stereocenters. The molecule has 1 aliphatic carbocycles. The van der Waals surface area contributed by atoms with Crippen molar-refractivity contribution >= 4 is 12.1 Å². The SMILES string of the molecule is CCc1cc(OC2CCc3cccc(-c4cccc(-n5ncc(C(=O)O)c5CC)n4)c32)ccc1C1CCN(C(=O)OCC(C)C)CC1. The number of aromatic carboxylic acids is 1. The van der Waals surface area contributed by atoms with Crippen molar-refractivity contribution in [2.24, 2.45) is 5.92 Å². The zero-order valence-corrected chi connectivity index (χ0v) is 27.7. The fourth-order valence-corrected chi connectivity index (χ4v) is 6.99. The average Bonchev–Trinajstić information content (AvgIpc) is 3.72. The van der Waals surface area contributed by atoms with Crippen molar-refractivity contribution in [1.29, 1.82) is 0 Å². The summed E-state index contributed by atoms with van der Waals surface area (Å²) in [7, 11) is 0. The number of rotatable bonds is 10. The maximum atomic E-state index is 12.5. The number of amides is 1. The first-order chi connectivity index (χ1) is 22.8. The Labute approximate surface area is 276 Å². The van der Waals surface area contributed by atoms with Gasteiger partial charge < -0.3 is 19.5 Å². The van der Waals surface area contributed by atoms with Crippen molar-refractivity contribution in [3.05, 3.63) is 94.3 Å². The highest BCUT2D eigenvalue weighted by Gasteiger charge is 2.30. The summed E-state index contributed by atoms with van der Waals surface area (Å²) in [5.74, 6) is 1.18. The van der Waals surface area contributed by atoms with E-state index in [1.807, 2.05) is 43.9 Å². The zero-order valence-electron chi connectivity index (χ0n) is 27.7. The molecular weight excluding hydrogens is 592 g/mol. The number of hydrogen-bond donors (Lipinski definition) is 1. The number of carbonyl (C=O) groups is 2. The minimum atomic E-state index is -0.992. The van der Waals surface area contributed by atoms with Crippen LogP contribution in [0.2, 0.25) is 0 Å². The fourth-order valence-electron chi connectivity index (χ4n) is 6.99. The molecule has 9 nitrogen and oxygen atoms in total. The molecule has 0 radical (unpaired) electrons. The van der Waals surface area contributed by atoms with Gasteiger partial charge in [-0.2, -0.15) is 5.10 Å². The minimum absolute atomic E-state index is 0.114. The van der Waals surface area contributed by atoms with Crippen molar-refractivity contribution in [1.82, 2.24) is 19.7 Å². The number of hydrogen-bond acceptors (Lipinski definition) is 6. The smallest absolute Gasteiger partial charge is 0.409 e. The lowest BCUT2D eigenvalue weighted by Gasteiger charge is -2.32. The van der Waals surface area contributed by atoms with E-state index in [9.17, 15) is 14.7 Å². The topological polar surface area (TPSA) is 107 Å². The lowest BCUT2D eigenvalue weighted by atomic mass is 9.86. The largest absolute Gasteiger partial charge is 0.486 e. The maximum absolute atomic E-state index is 12.5. The lowest BCUT2D eigenvalue weighted by molar-refractivity contribution is 0.0695. The number of aromatic nitrogens is 3. The summed E-state index contributed by atoms with van der Waals surface area (Å²) in [6.45, 7) is 10.1. The Morgan fingerprint density at radius 2 is 1.79 bits per heavy atom. The summed E-state index contributed by atoms with van der Waals surface area (Å²) in [6, 6.07) is 18.6. The Morgan fingerprint density at radius 1 is 1.00 bits per heavy atom. The van der Waals surface area contributed by atoms with E-state index < -0.39 is 5.97 Å². The number of aryl methyl sites for hydroxylation is 2. The number of benzene rings is 2. The molecule has 0 saturated carbocycles. The van der Waals surface area contributed by atoms with Crippen LogP contribution in [0.5, 0.6) is 5.75 Å². The standard InChI is InChI=1S/C38H44N4O5/c1-5-25-21-28(14-15-29(25)26-17-19-41(20-18-26)38(45)46-23-24(3)4)47-34-16-13-27-9-7-10-30(36(27)34)32-11-8-12-35(40-32)42-33(6-2)31(22-39-42)37(43)44/h7-12,14-15,21-22,24,26,34H,5-6,13,16-20,23H2,1-4H3,(H,43,44). The lowest BCUT2D eigenvalue weighted by Crippen LogP contribution is -2.38. The maximum Gasteiger partial charge on any atom is 0.409 e. The normalized spacial score (nSPS) is 16.4. The van der Waals surface area contributed by atoms with Crippen LogP contribution in [0.4, 0.5) is 4.79 Å². The second-order valence-corrected chi connectivity index (χ2v) is 12.9. The number of fused-ring (bicyclic) bond motifs is 1. The monoisotopic (exact) mass is 636 g/mol. The van der Waals surface area contributed by atoms with Crippen LogP contribution in [0.1, 0.15) is 97.3 Å². The first-order valence-electron chi connectivity index (χ1n) is 16.9. The number of carbonyl (C=O) groups excluding carboxylic acids is 1. The predicted octanol–water partition coefficient (Wildman–Crippen LogP) is 7.80. The van der Waals surface area contributed by atoms with Crippen molar-refractivity contribution in [2.75, 3.05) is 19.7 Å². The van der Waals surface area contributed by atoms with Gasteiger partial charge >= 0.3 is 12.1 Å². The van der Waals surface area contributed by atoms with Gasteiger partial charge in [-0.3, -0.25) is 0 Å². The molecule has 3 heterocycles. The Morgan fingerprint density at radius 3 is 2.51 bits per heavy atom. The fraction of sp³-hybridized carbons (Fsp3) is 0.421. The second-order valence-electron chi connectivity index (χ2n) is 12.9. The summed E-state index contributed by atoms with van der Waals surface area (Å²) in [4.78, 5) is 31.0. The van der Waals surface area contributed by atoms with Gasteiger partial charge in [0.25, 0.3) is 0 Å². The molecule has 2 aromatic heterocycles. The minimum Gasteiger partial charge on any atom is -0.486 e. The van der Waals surface area contributed by atoms with E-state index in [1.54, 1.807) is 4.68 Å². The highest BCUT2D eigenvalue weighted by Crippen LogP contribution is 2.42. The number of piperidine rings is 1. The van der Waals surface area contributed by atoms with E-state index in [0.717, 1.165) is 54.7 Å². The second kappa shape index (κ2) is 14.0. The van der Waals surface area contributed by atoms with Crippen LogP contribution in [0, 0.1) is 5.92 Å². The van der Waals surface area contributed by atoms with E-state index in [1.165, 1.54) is 22.9 Å². The molecule has 1 N–H and O–H groups in total. The van der Waals surface area contributed by atoms with Crippen LogP contribution in [0.15, 0.2) is 60.8 Å². The molecule has 6 rings (SSSR count). The van der Waals surface area contributed by atoms with Crippen molar-refractivity contribution in [3.8, 4) is 22.8 Å². The number of nitrogens with zero attached hydrogens (tertiary/aromatic N) is 4. The van der Waals surface area contributed by atoms with Gasteiger partial charge in [0.15, 0.2) is 5.82 Å². The van der Waals surface area contributed by atoms with E-state index in [4.69, 9.17) is 14.5 Å². The average molecular weight is 637 g/mol. The molecule has 0 bridgehead atoms. The summed E-state index contributed by atoms with van der Waals surface area (Å²) in [6.07, 6.45) is 6.15. The van der Waals surface area contributed by atoms with Crippen LogP contribution in [0.3, 0.4) is 0 Å². The van der Waals surface area contributed by atoms with E-state index in [-0.39, 0.29) is 17.8 Å². The number of likely N-dealkylation sites (tertiary alicyclic amines) is 1. The van der Waals surface area contributed by atoms with Gasteiger partial charge in [0.05, 0.1) is 24.2 Å². The summed E-state index contributed by atoms with van der Waals surface area (Å²) in [5.41, 5.74) is 7.67. The van der Waals surface area contributed by atoms with E-state index >= 15 is 0 Å².